The van der Waals surface area contributed by atoms with Crippen LogP contribution in [0.2, 0.25) is 0 Å². The zero-order chi connectivity index (χ0) is 15.3. The van der Waals surface area contributed by atoms with E-state index in [1.165, 1.54) is 42.8 Å². The van der Waals surface area contributed by atoms with Crippen LogP contribution in [0.25, 0.3) is 0 Å². The second-order valence-electron chi connectivity index (χ2n) is 6.38. The molecule has 2 saturated heterocycles. The summed E-state index contributed by atoms with van der Waals surface area (Å²) in [5.41, 5.74) is 7.55. The lowest BCUT2D eigenvalue weighted by molar-refractivity contribution is -0.927. The molecule has 2 N–H and O–H groups in total. The Morgan fingerprint density at radius 2 is 2.00 bits per heavy atom. The van der Waals surface area contributed by atoms with Crippen molar-refractivity contribution >= 4 is 21.8 Å². The molecule has 0 aromatic heterocycles. The van der Waals surface area contributed by atoms with Crippen molar-refractivity contribution in [2.24, 2.45) is 0 Å². The molecule has 2 unspecified atom stereocenters. The quantitative estimate of drug-likeness (QED) is 0.837. The molecule has 5 heteroatoms. The third kappa shape index (κ3) is 2.10. The number of quaternary nitrogens is 1. The molecule has 4 nitrogen and oxygen atoms in total. The number of piperidine rings is 1. The van der Waals surface area contributed by atoms with Gasteiger partial charge in [0.15, 0.2) is 6.04 Å². The molecule has 5 rings (SSSR count). The second-order valence-corrected chi connectivity index (χ2v) is 7.29. The highest BCUT2D eigenvalue weighted by atomic mass is 79.9. The Bertz CT molecular complexity index is 630. The van der Waals surface area contributed by atoms with Crippen molar-refractivity contribution in [2.45, 2.75) is 38.3 Å². The molecule has 0 radical (unpaired) electrons. The molecule has 1 aromatic carbocycles. The summed E-state index contributed by atoms with van der Waals surface area (Å²) in [5.74, 6) is 0.176. The van der Waals surface area contributed by atoms with Gasteiger partial charge in [-0.1, -0.05) is 35.0 Å². The van der Waals surface area contributed by atoms with E-state index >= 15 is 0 Å². The standard InChI is InChI=1S/C17H20BrN3O/c1-2-14(22)21-16(12-3-5-13(18)6-4-12)17-15(19-21)11-7-9-20(17)10-8-11/h3-6,16-17,19H,2,7-10H2,1H3/p+1. The van der Waals surface area contributed by atoms with E-state index in [1.54, 1.807) is 4.90 Å². The largest absolute Gasteiger partial charge is 0.325 e. The summed E-state index contributed by atoms with van der Waals surface area (Å²) in [4.78, 5) is 14.1. The van der Waals surface area contributed by atoms with Crippen molar-refractivity contribution in [3.05, 3.63) is 45.6 Å². The Labute approximate surface area is 139 Å². The Hall–Kier alpha value is -1.33. The van der Waals surface area contributed by atoms with Crippen molar-refractivity contribution in [3.63, 3.8) is 0 Å². The maximum absolute atomic E-state index is 12.5. The van der Waals surface area contributed by atoms with Crippen molar-refractivity contribution in [1.29, 1.82) is 0 Å². The van der Waals surface area contributed by atoms with Crippen LogP contribution in [0.15, 0.2) is 40.0 Å². The number of amides is 1. The molecule has 4 aliphatic heterocycles. The average molecular weight is 363 g/mol. The summed E-state index contributed by atoms with van der Waals surface area (Å²) in [5, 5.41) is 1.89. The molecular formula is C17H21BrN3O+. The third-order valence-corrected chi connectivity index (χ3v) is 5.77. The van der Waals surface area contributed by atoms with Gasteiger partial charge < -0.3 is 4.90 Å². The second kappa shape index (κ2) is 5.39. The van der Waals surface area contributed by atoms with Crippen LogP contribution in [0.5, 0.6) is 0 Å². The molecule has 2 atom stereocenters. The van der Waals surface area contributed by atoms with E-state index in [4.69, 9.17) is 0 Å². The van der Waals surface area contributed by atoms with Crippen molar-refractivity contribution < 1.29 is 9.69 Å². The van der Waals surface area contributed by atoms with Crippen LogP contribution in [-0.2, 0) is 4.79 Å². The number of fused-ring (bicyclic) bond motifs is 2. The van der Waals surface area contributed by atoms with Crippen LogP contribution in [0.3, 0.4) is 0 Å². The van der Waals surface area contributed by atoms with Gasteiger partial charge in [0.25, 0.3) is 0 Å². The molecule has 4 heterocycles. The van der Waals surface area contributed by atoms with Gasteiger partial charge in [-0.3, -0.25) is 10.2 Å². The Kier molecular flexibility index (Phi) is 3.50. The number of carbonyl (C=O) groups excluding carboxylic acids is 1. The van der Waals surface area contributed by atoms with Crippen molar-refractivity contribution in [1.82, 2.24) is 10.4 Å². The smallest absolute Gasteiger partial charge is 0.241 e. The topological polar surface area (TPSA) is 36.8 Å². The molecule has 1 amide bonds. The lowest BCUT2D eigenvalue weighted by atomic mass is 9.86. The van der Waals surface area contributed by atoms with Gasteiger partial charge in [0.1, 0.15) is 6.04 Å². The van der Waals surface area contributed by atoms with Crippen LogP contribution in [0, 0.1) is 0 Å². The van der Waals surface area contributed by atoms with Crippen LogP contribution < -0.4 is 10.3 Å². The predicted octanol–water partition coefficient (Wildman–Crippen LogP) is 1.56. The van der Waals surface area contributed by atoms with Gasteiger partial charge in [-0.25, -0.2) is 5.01 Å². The molecule has 1 aromatic rings. The van der Waals surface area contributed by atoms with Crippen LogP contribution in [0.4, 0.5) is 0 Å². The molecule has 0 saturated carbocycles. The summed E-state index contributed by atoms with van der Waals surface area (Å²) in [6.45, 7) is 4.34. The molecular weight excluding hydrogens is 342 g/mol. The minimum atomic E-state index is 0.112. The molecule has 22 heavy (non-hydrogen) atoms. The highest BCUT2D eigenvalue weighted by molar-refractivity contribution is 9.10. The molecule has 4 aliphatic rings. The Balaban J connectivity index is 1.79. The van der Waals surface area contributed by atoms with E-state index in [9.17, 15) is 4.79 Å². The number of hydrogen-bond donors (Lipinski definition) is 2. The molecule has 2 bridgehead atoms. The van der Waals surface area contributed by atoms with Gasteiger partial charge in [-0.05, 0) is 23.3 Å². The van der Waals surface area contributed by atoms with E-state index in [1.807, 2.05) is 11.9 Å². The molecule has 116 valence electrons. The fraction of sp³-hybridized carbons (Fsp3) is 0.471. The average Bonchev–Trinajstić information content (AvgIpc) is 2.98. The van der Waals surface area contributed by atoms with Gasteiger partial charge >= 0.3 is 0 Å². The van der Waals surface area contributed by atoms with E-state index < -0.39 is 0 Å². The number of hydrazine groups is 1. The normalized spacial score (nSPS) is 29.5. The number of hydrogen-bond acceptors (Lipinski definition) is 2. The number of carbonyl (C=O) groups is 1. The number of benzene rings is 1. The van der Waals surface area contributed by atoms with E-state index in [2.05, 4.69) is 45.6 Å². The van der Waals surface area contributed by atoms with Gasteiger partial charge in [0, 0.05) is 23.7 Å². The van der Waals surface area contributed by atoms with Crippen LogP contribution >= 0.6 is 15.9 Å². The zero-order valence-corrected chi connectivity index (χ0v) is 14.3. The Morgan fingerprint density at radius 3 is 2.64 bits per heavy atom. The summed E-state index contributed by atoms with van der Waals surface area (Å²) < 4.78 is 1.08. The molecule has 0 aliphatic carbocycles. The lowest BCUT2D eigenvalue weighted by Crippen LogP contribution is -3.18. The summed E-state index contributed by atoms with van der Waals surface area (Å²) in [7, 11) is 0. The maximum Gasteiger partial charge on any atom is 0.241 e. The first-order chi connectivity index (χ1) is 10.7. The minimum absolute atomic E-state index is 0.112. The third-order valence-electron chi connectivity index (χ3n) is 5.24. The van der Waals surface area contributed by atoms with Crippen molar-refractivity contribution in [2.75, 3.05) is 13.1 Å². The lowest BCUT2D eigenvalue weighted by Gasteiger charge is -2.38. The predicted molar refractivity (Wildman–Crippen MR) is 87.9 cm³/mol. The summed E-state index contributed by atoms with van der Waals surface area (Å²) >= 11 is 3.50. The Morgan fingerprint density at radius 1 is 1.32 bits per heavy atom. The van der Waals surface area contributed by atoms with Gasteiger partial charge in [-0.15, -0.1) is 0 Å². The fourth-order valence-corrected chi connectivity index (χ4v) is 4.41. The van der Waals surface area contributed by atoms with Gasteiger partial charge in [-0.2, -0.15) is 0 Å². The van der Waals surface area contributed by atoms with Crippen LogP contribution in [0.1, 0.15) is 37.8 Å². The van der Waals surface area contributed by atoms with E-state index in [0.717, 1.165) is 4.47 Å². The summed E-state index contributed by atoms with van der Waals surface area (Å²) in [6.07, 6.45) is 2.88. The van der Waals surface area contributed by atoms with Crippen molar-refractivity contribution in [3.8, 4) is 0 Å². The zero-order valence-electron chi connectivity index (χ0n) is 12.7. The number of nitrogens with one attached hydrogen (secondary N) is 2. The van der Waals surface area contributed by atoms with Crippen LogP contribution in [-0.4, -0.2) is 30.0 Å². The molecule has 2 fully saturated rings. The highest BCUT2D eigenvalue weighted by Gasteiger charge is 2.51. The SMILES string of the molecule is CCC(=O)N1NC2=C3CC[NH+](CC3)C2C1c1ccc(Br)cc1. The maximum atomic E-state index is 12.5. The first kappa shape index (κ1) is 14.3. The van der Waals surface area contributed by atoms with E-state index in [-0.39, 0.29) is 11.9 Å². The van der Waals surface area contributed by atoms with E-state index in [0.29, 0.717) is 12.5 Å². The highest BCUT2D eigenvalue weighted by Crippen LogP contribution is 2.37. The fourth-order valence-electron chi connectivity index (χ4n) is 4.14. The van der Waals surface area contributed by atoms with Gasteiger partial charge in [0.05, 0.1) is 18.8 Å². The molecule has 0 spiro atoms. The number of halogens is 1. The first-order valence-electron chi connectivity index (χ1n) is 8.09. The monoisotopic (exact) mass is 362 g/mol. The number of rotatable bonds is 2. The minimum Gasteiger partial charge on any atom is -0.325 e. The number of nitrogens with zero attached hydrogens (tertiary/aromatic N) is 1. The first-order valence-corrected chi connectivity index (χ1v) is 8.89. The van der Waals surface area contributed by atoms with Gasteiger partial charge in [0.2, 0.25) is 5.91 Å². The summed E-state index contributed by atoms with van der Waals surface area (Å²) in [6, 6.07) is 8.92.